The van der Waals surface area contributed by atoms with Crippen LogP contribution in [-0.2, 0) is 11.8 Å². The number of nitrogens with zero attached hydrogens (tertiary/aromatic N) is 1. The van der Waals surface area contributed by atoms with E-state index in [-0.39, 0.29) is 11.0 Å². The lowest BCUT2D eigenvalue weighted by atomic mass is 9.86. The van der Waals surface area contributed by atoms with E-state index in [4.69, 9.17) is 0 Å². The molecule has 0 spiro atoms. The first kappa shape index (κ1) is 14.5. The van der Waals surface area contributed by atoms with E-state index in [9.17, 15) is 4.79 Å². The van der Waals surface area contributed by atoms with Crippen LogP contribution in [-0.4, -0.2) is 9.97 Å². The lowest BCUT2D eigenvalue weighted by Gasteiger charge is -2.19. The molecule has 2 rings (SSSR count). The van der Waals surface area contributed by atoms with E-state index in [0.29, 0.717) is 0 Å². The number of nitrogens with one attached hydrogen (secondary N) is 1. The summed E-state index contributed by atoms with van der Waals surface area (Å²) in [7, 11) is 0. The predicted molar refractivity (Wildman–Crippen MR) is 83.0 cm³/mol. The number of aryl methyl sites for hydroxylation is 1. The van der Waals surface area contributed by atoms with Crippen molar-refractivity contribution in [2.75, 3.05) is 0 Å². The molecule has 3 heteroatoms. The van der Waals surface area contributed by atoms with E-state index in [0.717, 1.165) is 29.9 Å². The lowest BCUT2D eigenvalue weighted by Crippen LogP contribution is -2.12. The average molecular weight is 270 g/mol. The number of hydrogen-bond acceptors (Lipinski definition) is 2. The summed E-state index contributed by atoms with van der Waals surface area (Å²) < 4.78 is 0. The maximum absolute atomic E-state index is 11.7. The summed E-state index contributed by atoms with van der Waals surface area (Å²) in [6.07, 6.45) is 1.76. The van der Waals surface area contributed by atoms with Gasteiger partial charge in [0.1, 0.15) is 5.82 Å². The van der Waals surface area contributed by atoms with Gasteiger partial charge in [-0.2, -0.15) is 0 Å². The number of hydrogen-bond donors (Lipinski definition) is 1. The first-order valence-corrected chi connectivity index (χ1v) is 7.11. The molecule has 0 atom stereocenters. The van der Waals surface area contributed by atoms with Crippen molar-refractivity contribution in [1.29, 1.82) is 0 Å². The molecule has 1 heterocycles. The Morgan fingerprint density at radius 2 is 1.80 bits per heavy atom. The highest BCUT2D eigenvalue weighted by molar-refractivity contribution is 5.59. The van der Waals surface area contributed by atoms with E-state index in [1.54, 1.807) is 6.07 Å². The van der Waals surface area contributed by atoms with Crippen molar-refractivity contribution in [2.24, 2.45) is 0 Å². The molecule has 0 saturated heterocycles. The van der Waals surface area contributed by atoms with E-state index < -0.39 is 0 Å². The van der Waals surface area contributed by atoms with Gasteiger partial charge in [0.2, 0.25) is 0 Å². The number of benzene rings is 1. The Balaban J connectivity index is 2.39. The molecule has 2 aromatic rings. The Kier molecular flexibility index (Phi) is 4.07. The van der Waals surface area contributed by atoms with Crippen LogP contribution in [0.1, 0.15) is 45.5 Å². The van der Waals surface area contributed by atoms with Gasteiger partial charge < -0.3 is 4.98 Å². The first-order valence-electron chi connectivity index (χ1n) is 7.11. The summed E-state index contributed by atoms with van der Waals surface area (Å²) in [5, 5.41) is 0. The highest BCUT2D eigenvalue weighted by atomic mass is 16.1. The van der Waals surface area contributed by atoms with Gasteiger partial charge in [-0.25, -0.2) is 4.98 Å². The van der Waals surface area contributed by atoms with Crippen LogP contribution in [0.15, 0.2) is 35.1 Å². The van der Waals surface area contributed by atoms with Crippen LogP contribution >= 0.6 is 0 Å². The summed E-state index contributed by atoms with van der Waals surface area (Å²) in [6, 6.07) is 9.86. The van der Waals surface area contributed by atoms with Crippen LogP contribution in [0.4, 0.5) is 0 Å². The molecule has 0 aliphatic rings. The third-order valence-electron chi connectivity index (χ3n) is 3.32. The topological polar surface area (TPSA) is 45.8 Å². The van der Waals surface area contributed by atoms with Crippen molar-refractivity contribution in [3.8, 4) is 11.3 Å². The molecule has 106 valence electrons. The fourth-order valence-electron chi connectivity index (χ4n) is 2.15. The summed E-state index contributed by atoms with van der Waals surface area (Å²) in [5.74, 6) is 0.759. The number of aromatic nitrogens is 2. The van der Waals surface area contributed by atoms with E-state index in [1.165, 1.54) is 5.56 Å². The van der Waals surface area contributed by atoms with Gasteiger partial charge in [0.15, 0.2) is 0 Å². The Labute approximate surface area is 120 Å². The quantitative estimate of drug-likeness (QED) is 0.924. The first-order chi connectivity index (χ1) is 9.40. The van der Waals surface area contributed by atoms with Crippen molar-refractivity contribution in [3.05, 3.63) is 52.1 Å². The van der Waals surface area contributed by atoms with Crippen LogP contribution in [0.3, 0.4) is 0 Å². The van der Waals surface area contributed by atoms with Gasteiger partial charge in [0.25, 0.3) is 5.56 Å². The largest absolute Gasteiger partial charge is 0.311 e. The third kappa shape index (κ3) is 3.35. The highest BCUT2D eigenvalue weighted by Gasteiger charge is 2.13. The van der Waals surface area contributed by atoms with Gasteiger partial charge in [-0.1, -0.05) is 52.0 Å². The molecule has 0 unspecified atom stereocenters. The molecule has 20 heavy (non-hydrogen) atoms. The van der Waals surface area contributed by atoms with Gasteiger partial charge in [-0.15, -0.1) is 0 Å². The van der Waals surface area contributed by atoms with Crippen LogP contribution in [0.5, 0.6) is 0 Å². The fourth-order valence-corrected chi connectivity index (χ4v) is 2.15. The monoisotopic (exact) mass is 270 g/mol. The minimum atomic E-state index is -0.0849. The van der Waals surface area contributed by atoms with Crippen molar-refractivity contribution in [3.63, 3.8) is 0 Å². The summed E-state index contributed by atoms with van der Waals surface area (Å²) in [6.45, 7) is 8.64. The highest BCUT2D eigenvalue weighted by Crippen LogP contribution is 2.24. The van der Waals surface area contributed by atoms with Crippen LogP contribution in [0.25, 0.3) is 11.3 Å². The molecular weight excluding hydrogens is 248 g/mol. The summed E-state index contributed by atoms with van der Waals surface area (Å²) >= 11 is 0. The molecule has 0 bridgehead atoms. The van der Waals surface area contributed by atoms with Crippen LogP contribution in [0.2, 0.25) is 0 Å². The van der Waals surface area contributed by atoms with E-state index in [2.05, 4.69) is 49.8 Å². The Morgan fingerprint density at radius 1 is 1.15 bits per heavy atom. The molecule has 0 aliphatic heterocycles. The normalized spacial score (nSPS) is 11.6. The zero-order valence-electron chi connectivity index (χ0n) is 12.7. The van der Waals surface area contributed by atoms with Crippen LogP contribution < -0.4 is 5.56 Å². The Morgan fingerprint density at radius 3 is 2.35 bits per heavy atom. The minimum Gasteiger partial charge on any atom is -0.311 e. The van der Waals surface area contributed by atoms with Gasteiger partial charge in [0.05, 0.1) is 5.69 Å². The average Bonchev–Trinajstić information content (AvgIpc) is 2.37. The predicted octanol–water partition coefficient (Wildman–Crippen LogP) is 3.69. The minimum absolute atomic E-state index is 0.0849. The molecule has 0 radical (unpaired) electrons. The number of aromatic amines is 1. The second-order valence-corrected chi connectivity index (χ2v) is 6.15. The second-order valence-electron chi connectivity index (χ2n) is 6.15. The van der Waals surface area contributed by atoms with Gasteiger partial charge >= 0.3 is 0 Å². The molecule has 0 fully saturated rings. The van der Waals surface area contributed by atoms with Crippen LogP contribution in [0, 0.1) is 0 Å². The zero-order valence-corrected chi connectivity index (χ0v) is 12.7. The standard InChI is InChI=1S/C17H22N2O/c1-5-6-15-18-14(11-16(20)19-15)12-7-9-13(10-8-12)17(2,3)4/h7-11H,5-6H2,1-4H3,(H,18,19,20). The SMILES string of the molecule is CCCc1nc(-c2ccc(C(C)(C)C)cc2)cc(=O)[nH]1. The van der Waals surface area contributed by atoms with Crippen molar-refractivity contribution in [2.45, 2.75) is 46.0 Å². The smallest absolute Gasteiger partial charge is 0.251 e. The molecule has 0 amide bonds. The number of rotatable bonds is 3. The fraction of sp³-hybridized carbons (Fsp3) is 0.412. The Hall–Kier alpha value is -1.90. The maximum Gasteiger partial charge on any atom is 0.251 e. The summed E-state index contributed by atoms with van der Waals surface area (Å²) in [5.41, 5.74) is 3.06. The molecule has 0 aliphatic carbocycles. The summed E-state index contributed by atoms with van der Waals surface area (Å²) in [4.78, 5) is 19.0. The van der Waals surface area contributed by atoms with Gasteiger partial charge in [-0.05, 0) is 17.4 Å². The van der Waals surface area contributed by atoms with E-state index >= 15 is 0 Å². The van der Waals surface area contributed by atoms with Crippen molar-refractivity contribution in [1.82, 2.24) is 9.97 Å². The lowest BCUT2D eigenvalue weighted by molar-refractivity contribution is 0.590. The molecule has 1 aromatic heterocycles. The molecule has 1 N–H and O–H groups in total. The zero-order chi connectivity index (χ0) is 14.8. The third-order valence-corrected chi connectivity index (χ3v) is 3.32. The van der Waals surface area contributed by atoms with Crippen molar-refractivity contribution >= 4 is 0 Å². The maximum atomic E-state index is 11.7. The van der Waals surface area contributed by atoms with Crippen molar-refractivity contribution < 1.29 is 0 Å². The Bertz CT molecular complexity index is 633. The van der Waals surface area contributed by atoms with Gasteiger partial charge in [0, 0.05) is 18.1 Å². The van der Waals surface area contributed by atoms with E-state index in [1.807, 2.05) is 12.1 Å². The number of H-pyrrole nitrogens is 1. The van der Waals surface area contributed by atoms with Gasteiger partial charge in [-0.3, -0.25) is 4.79 Å². The molecule has 0 saturated carbocycles. The molecule has 3 nitrogen and oxygen atoms in total. The second kappa shape index (κ2) is 5.61. The molecule has 1 aromatic carbocycles. The molecular formula is C17H22N2O.